The number of nitrogens with one attached hydrogen (secondary N) is 1. The van der Waals surface area contributed by atoms with Crippen LogP contribution in [0.1, 0.15) is 35.3 Å². The van der Waals surface area contributed by atoms with Crippen LogP contribution in [0.2, 0.25) is 5.15 Å². The van der Waals surface area contributed by atoms with Gasteiger partial charge in [0.15, 0.2) is 16.9 Å². The second-order valence-corrected chi connectivity index (χ2v) is 9.91. The van der Waals surface area contributed by atoms with Gasteiger partial charge in [-0.05, 0) is 62.2 Å². The van der Waals surface area contributed by atoms with Crippen LogP contribution in [0, 0.1) is 13.8 Å². The maximum absolute atomic E-state index is 13.3. The van der Waals surface area contributed by atoms with Crippen LogP contribution in [0.15, 0.2) is 81.1 Å². The van der Waals surface area contributed by atoms with E-state index in [1.165, 1.54) is 5.56 Å². The molecular formula is C28H24ClN3O3S. The zero-order valence-corrected chi connectivity index (χ0v) is 21.6. The number of nitrogens with zero attached hydrogens (tertiary/aromatic N) is 2. The maximum atomic E-state index is 13.3. The number of hydrogen-bond acceptors (Lipinski definition) is 6. The van der Waals surface area contributed by atoms with E-state index in [-0.39, 0.29) is 5.43 Å². The number of thioether (sulfide) groups is 1. The lowest BCUT2D eigenvalue weighted by Gasteiger charge is -2.19. The summed E-state index contributed by atoms with van der Waals surface area (Å²) in [4.78, 5) is 17.8. The van der Waals surface area contributed by atoms with Crippen LogP contribution < -0.4 is 10.2 Å². The van der Waals surface area contributed by atoms with Gasteiger partial charge in [-0.15, -0.1) is 0 Å². The van der Waals surface area contributed by atoms with E-state index in [0.717, 1.165) is 16.9 Å². The van der Waals surface area contributed by atoms with Crippen molar-refractivity contribution in [1.29, 1.82) is 0 Å². The standard InChI is InChI=1S/C28H24ClN3O3S/c1-16-13-20(27-21(14-16)25(33)17(2)26(35-27)22-11-12-30-32-22)18(3)34-23-9-10-24(29)31-28(23)36-15-19-7-5-4-6-8-19/h4-14,18H,15H2,1-3H3,(H,30,32)/t18-/m1/s1. The molecule has 0 saturated carbocycles. The van der Waals surface area contributed by atoms with Crippen LogP contribution in [0.3, 0.4) is 0 Å². The summed E-state index contributed by atoms with van der Waals surface area (Å²) in [7, 11) is 0. The Labute approximate surface area is 217 Å². The highest BCUT2D eigenvalue weighted by Gasteiger charge is 2.21. The molecule has 0 aliphatic carbocycles. The van der Waals surface area contributed by atoms with Crippen molar-refractivity contribution in [3.63, 3.8) is 0 Å². The Kier molecular flexibility index (Phi) is 6.85. The van der Waals surface area contributed by atoms with E-state index < -0.39 is 6.10 Å². The normalized spacial score (nSPS) is 12.1. The van der Waals surface area contributed by atoms with Gasteiger partial charge in [0.25, 0.3) is 0 Å². The van der Waals surface area contributed by atoms with Gasteiger partial charge in [0.2, 0.25) is 0 Å². The van der Waals surface area contributed by atoms with Gasteiger partial charge >= 0.3 is 0 Å². The van der Waals surface area contributed by atoms with E-state index in [1.807, 2.05) is 50.2 Å². The fraction of sp³-hybridized carbons (Fsp3) is 0.179. The van der Waals surface area contributed by atoms with Crippen molar-refractivity contribution in [2.24, 2.45) is 0 Å². The maximum Gasteiger partial charge on any atom is 0.196 e. The Morgan fingerprint density at radius 2 is 1.92 bits per heavy atom. The Hall–Kier alpha value is -3.55. The second-order valence-electron chi connectivity index (χ2n) is 8.56. The van der Waals surface area contributed by atoms with Crippen molar-refractivity contribution in [2.45, 2.75) is 37.7 Å². The summed E-state index contributed by atoms with van der Waals surface area (Å²) >= 11 is 7.77. The highest BCUT2D eigenvalue weighted by molar-refractivity contribution is 7.98. The molecule has 36 heavy (non-hydrogen) atoms. The summed E-state index contributed by atoms with van der Waals surface area (Å²) in [6.07, 6.45) is 1.20. The Balaban J connectivity index is 1.53. The number of aryl methyl sites for hydroxylation is 1. The largest absolute Gasteiger partial charge is 0.483 e. The summed E-state index contributed by atoms with van der Waals surface area (Å²) in [5.41, 5.74) is 4.49. The first-order valence-electron chi connectivity index (χ1n) is 11.5. The highest BCUT2D eigenvalue weighted by atomic mass is 35.5. The summed E-state index contributed by atoms with van der Waals surface area (Å²) in [6.45, 7) is 5.65. The van der Waals surface area contributed by atoms with Crippen molar-refractivity contribution in [1.82, 2.24) is 15.2 Å². The molecule has 0 aliphatic heterocycles. The van der Waals surface area contributed by atoms with Gasteiger partial charge in [-0.25, -0.2) is 4.98 Å². The van der Waals surface area contributed by atoms with E-state index in [0.29, 0.717) is 43.9 Å². The van der Waals surface area contributed by atoms with Crippen LogP contribution in [0.4, 0.5) is 0 Å². The third-order valence-electron chi connectivity index (χ3n) is 5.89. The number of aromatic amines is 1. The predicted molar refractivity (Wildman–Crippen MR) is 144 cm³/mol. The molecule has 182 valence electrons. The van der Waals surface area contributed by atoms with Crippen molar-refractivity contribution < 1.29 is 9.15 Å². The average Bonchev–Trinajstić information content (AvgIpc) is 3.41. The topological polar surface area (TPSA) is 81.0 Å². The van der Waals surface area contributed by atoms with Crippen molar-refractivity contribution in [2.75, 3.05) is 0 Å². The first kappa shape index (κ1) is 24.2. The van der Waals surface area contributed by atoms with Crippen LogP contribution >= 0.6 is 23.4 Å². The molecule has 0 saturated heterocycles. The van der Waals surface area contributed by atoms with Crippen LogP contribution in [-0.4, -0.2) is 15.2 Å². The smallest absolute Gasteiger partial charge is 0.196 e. The minimum absolute atomic E-state index is 0.0785. The van der Waals surface area contributed by atoms with E-state index in [1.54, 1.807) is 37.0 Å². The molecule has 0 amide bonds. The lowest BCUT2D eigenvalue weighted by molar-refractivity contribution is 0.219. The number of pyridine rings is 1. The lowest BCUT2D eigenvalue weighted by Crippen LogP contribution is -2.11. The SMILES string of the molecule is Cc1cc([C@@H](C)Oc2ccc(Cl)nc2SCc2ccccc2)c2oc(-c3ccn[nH]3)c(C)c(=O)c2c1. The predicted octanol–water partition coefficient (Wildman–Crippen LogP) is 7.28. The number of ether oxygens (including phenoxy) is 1. The van der Waals surface area contributed by atoms with Crippen LogP contribution in [0.25, 0.3) is 22.4 Å². The summed E-state index contributed by atoms with van der Waals surface area (Å²) in [6, 6.07) is 19.3. The van der Waals surface area contributed by atoms with Crippen molar-refractivity contribution in [3.05, 3.63) is 104 Å². The number of halogens is 1. The van der Waals surface area contributed by atoms with Crippen molar-refractivity contribution >= 4 is 34.3 Å². The molecule has 1 atom stereocenters. The van der Waals surface area contributed by atoms with Gasteiger partial charge in [0, 0.05) is 23.1 Å². The van der Waals surface area contributed by atoms with Gasteiger partial charge in [0.1, 0.15) is 27.6 Å². The monoisotopic (exact) mass is 517 g/mol. The molecule has 0 unspecified atom stereocenters. The van der Waals surface area contributed by atoms with E-state index in [2.05, 4.69) is 27.3 Å². The molecule has 3 heterocycles. The zero-order chi connectivity index (χ0) is 25.2. The van der Waals surface area contributed by atoms with E-state index in [9.17, 15) is 4.79 Å². The molecule has 0 radical (unpaired) electrons. The second kappa shape index (κ2) is 10.2. The fourth-order valence-corrected chi connectivity index (χ4v) is 5.20. The minimum atomic E-state index is -0.424. The Bertz CT molecular complexity index is 1580. The van der Waals surface area contributed by atoms with Gasteiger partial charge in [-0.3, -0.25) is 9.89 Å². The zero-order valence-electron chi connectivity index (χ0n) is 20.0. The molecule has 0 spiro atoms. The summed E-state index contributed by atoms with van der Waals surface area (Å²) in [5.74, 6) is 1.81. The molecule has 5 rings (SSSR count). The van der Waals surface area contributed by atoms with E-state index >= 15 is 0 Å². The van der Waals surface area contributed by atoms with Gasteiger partial charge in [-0.1, -0.05) is 53.7 Å². The van der Waals surface area contributed by atoms with E-state index in [4.69, 9.17) is 20.8 Å². The number of aromatic nitrogens is 3. The Morgan fingerprint density at radius 3 is 2.67 bits per heavy atom. The molecular weight excluding hydrogens is 494 g/mol. The molecule has 0 aliphatic rings. The minimum Gasteiger partial charge on any atom is -0.483 e. The average molecular weight is 518 g/mol. The molecule has 0 bridgehead atoms. The third kappa shape index (κ3) is 4.90. The third-order valence-corrected chi connectivity index (χ3v) is 7.14. The molecule has 5 aromatic rings. The van der Waals surface area contributed by atoms with Crippen molar-refractivity contribution in [3.8, 4) is 17.2 Å². The molecule has 3 aromatic heterocycles. The summed E-state index contributed by atoms with van der Waals surface area (Å²) in [5, 5.41) is 8.51. The summed E-state index contributed by atoms with van der Waals surface area (Å²) < 4.78 is 12.7. The highest BCUT2D eigenvalue weighted by Crippen LogP contribution is 2.36. The quantitative estimate of drug-likeness (QED) is 0.180. The van der Waals surface area contributed by atoms with Crippen LogP contribution in [-0.2, 0) is 5.75 Å². The number of fused-ring (bicyclic) bond motifs is 1. The number of hydrogen-bond donors (Lipinski definition) is 1. The van der Waals surface area contributed by atoms with Gasteiger partial charge < -0.3 is 9.15 Å². The fourth-order valence-electron chi connectivity index (χ4n) is 4.09. The van der Waals surface area contributed by atoms with Gasteiger partial charge in [-0.2, -0.15) is 5.10 Å². The number of rotatable bonds is 7. The Morgan fingerprint density at radius 1 is 1.11 bits per heavy atom. The van der Waals surface area contributed by atoms with Crippen LogP contribution in [0.5, 0.6) is 5.75 Å². The van der Waals surface area contributed by atoms with Gasteiger partial charge in [0.05, 0.1) is 5.39 Å². The lowest BCUT2D eigenvalue weighted by atomic mass is 10.0. The molecule has 1 N–H and O–H groups in total. The molecule has 2 aromatic carbocycles. The number of benzene rings is 2. The molecule has 0 fully saturated rings. The molecule has 6 nitrogen and oxygen atoms in total. The first-order valence-corrected chi connectivity index (χ1v) is 12.8. The number of H-pyrrole nitrogens is 1. The first-order chi connectivity index (χ1) is 17.4. The molecule has 8 heteroatoms.